The molecule has 1 fully saturated rings. The second-order valence-corrected chi connectivity index (χ2v) is 5.89. The van der Waals surface area contributed by atoms with Crippen LogP contribution in [-0.4, -0.2) is 61.5 Å². The minimum absolute atomic E-state index is 0.0708. The second-order valence-electron chi connectivity index (χ2n) is 5.10. The average Bonchev–Trinajstić information content (AvgIpc) is 2.28. The van der Waals surface area contributed by atoms with Crippen LogP contribution in [0.25, 0.3) is 0 Å². The summed E-state index contributed by atoms with van der Waals surface area (Å²) in [5, 5.41) is 7.48. The molecule has 1 aliphatic rings. The summed E-state index contributed by atoms with van der Waals surface area (Å²) in [5.74, 6) is 0. The zero-order valence-electron chi connectivity index (χ0n) is 11.6. The fourth-order valence-corrected chi connectivity index (χ4v) is 2.49. The Labute approximate surface area is 121 Å². The molecule has 0 atom stereocenters. The van der Waals surface area contributed by atoms with E-state index in [0.29, 0.717) is 17.1 Å². The van der Waals surface area contributed by atoms with Crippen molar-refractivity contribution in [3.05, 3.63) is 21.0 Å². The van der Waals surface area contributed by atoms with Gasteiger partial charge in [-0.15, -0.1) is 0 Å². The number of halogens is 1. The van der Waals surface area contributed by atoms with Crippen LogP contribution in [0.1, 0.15) is 0 Å². The highest BCUT2D eigenvalue weighted by atomic mass is 79.9. The number of anilines is 1. The number of aromatic nitrogens is 2. The van der Waals surface area contributed by atoms with Crippen molar-refractivity contribution in [2.45, 2.75) is 12.6 Å². The Morgan fingerprint density at radius 2 is 2.16 bits per heavy atom. The third kappa shape index (κ3) is 3.16. The molecule has 0 amide bonds. The number of nitrogens with one attached hydrogen (secondary N) is 1. The molecular formula is C12H20BrN5O. The van der Waals surface area contributed by atoms with Gasteiger partial charge in [0.1, 0.15) is 4.47 Å². The van der Waals surface area contributed by atoms with E-state index in [0.717, 1.165) is 25.3 Å². The van der Waals surface area contributed by atoms with Crippen LogP contribution in [0.15, 0.2) is 15.5 Å². The van der Waals surface area contributed by atoms with Gasteiger partial charge in [-0.3, -0.25) is 4.79 Å². The number of likely N-dealkylation sites (N-methyl/N-ethyl adjacent to an activating group) is 2. The molecule has 0 bridgehead atoms. The molecular weight excluding hydrogens is 310 g/mol. The van der Waals surface area contributed by atoms with E-state index in [1.807, 2.05) is 26.0 Å². The Kier molecular flexibility index (Phi) is 4.59. The molecule has 1 aromatic rings. The molecule has 1 N–H and O–H groups in total. The second kappa shape index (κ2) is 6.02. The van der Waals surface area contributed by atoms with Crippen molar-refractivity contribution < 1.29 is 0 Å². The third-order valence-electron chi connectivity index (χ3n) is 3.41. The highest BCUT2D eigenvalue weighted by molar-refractivity contribution is 9.10. The molecule has 19 heavy (non-hydrogen) atoms. The number of nitrogens with zero attached hydrogens (tertiary/aromatic N) is 4. The third-order valence-corrected chi connectivity index (χ3v) is 4.16. The zero-order chi connectivity index (χ0) is 14.0. The molecule has 1 aliphatic heterocycles. The molecule has 2 heterocycles. The quantitative estimate of drug-likeness (QED) is 0.822. The standard InChI is InChI=1S/C12H20BrN5O/c1-16(2)4-5-18-12(19)11(13)10(8-15-18)17(3)9-6-14-7-9/h8-9,14H,4-7H2,1-3H3. The van der Waals surface area contributed by atoms with Gasteiger partial charge in [0.25, 0.3) is 5.56 Å². The summed E-state index contributed by atoms with van der Waals surface area (Å²) >= 11 is 3.41. The maximum atomic E-state index is 12.2. The highest BCUT2D eigenvalue weighted by Gasteiger charge is 2.24. The Morgan fingerprint density at radius 1 is 1.47 bits per heavy atom. The summed E-state index contributed by atoms with van der Waals surface area (Å²) in [5.41, 5.74) is 0.788. The molecule has 106 valence electrons. The van der Waals surface area contributed by atoms with Crippen molar-refractivity contribution in [2.75, 3.05) is 45.7 Å². The normalized spacial score (nSPS) is 15.6. The van der Waals surface area contributed by atoms with Gasteiger partial charge in [0.05, 0.1) is 24.5 Å². The van der Waals surface area contributed by atoms with Crippen molar-refractivity contribution in [3.63, 3.8) is 0 Å². The lowest BCUT2D eigenvalue weighted by Crippen LogP contribution is -2.56. The van der Waals surface area contributed by atoms with Crippen LogP contribution in [0.2, 0.25) is 0 Å². The molecule has 0 unspecified atom stereocenters. The molecule has 7 heteroatoms. The predicted octanol–water partition coefficient (Wildman–Crippen LogP) is -0.0246. The summed E-state index contributed by atoms with van der Waals surface area (Å²) < 4.78 is 2.09. The zero-order valence-corrected chi connectivity index (χ0v) is 13.1. The minimum Gasteiger partial charge on any atom is -0.367 e. The lowest BCUT2D eigenvalue weighted by molar-refractivity contribution is 0.367. The molecule has 0 spiro atoms. The van der Waals surface area contributed by atoms with Crippen LogP contribution in [0, 0.1) is 0 Å². The average molecular weight is 330 g/mol. The van der Waals surface area contributed by atoms with Crippen LogP contribution < -0.4 is 15.8 Å². The first-order chi connectivity index (χ1) is 9.00. The van der Waals surface area contributed by atoms with Crippen molar-refractivity contribution in [1.29, 1.82) is 0 Å². The van der Waals surface area contributed by atoms with Gasteiger partial charge < -0.3 is 15.1 Å². The smallest absolute Gasteiger partial charge is 0.283 e. The number of hydrogen-bond acceptors (Lipinski definition) is 5. The van der Waals surface area contributed by atoms with E-state index in [4.69, 9.17) is 0 Å². The maximum Gasteiger partial charge on any atom is 0.283 e. The predicted molar refractivity (Wildman–Crippen MR) is 79.8 cm³/mol. The van der Waals surface area contributed by atoms with Crippen molar-refractivity contribution in [2.24, 2.45) is 0 Å². The van der Waals surface area contributed by atoms with E-state index in [2.05, 4.69) is 31.2 Å². The van der Waals surface area contributed by atoms with E-state index in [1.54, 1.807) is 6.20 Å². The van der Waals surface area contributed by atoms with Gasteiger partial charge in [0, 0.05) is 26.7 Å². The largest absolute Gasteiger partial charge is 0.367 e. The van der Waals surface area contributed by atoms with Crippen LogP contribution in [0.4, 0.5) is 5.69 Å². The molecule has 0 aromatic carbocycles. The fraction of sp³-hybridized carbons (Fsp3) is 0.667. The Bertz CT molecular complexity index is 497. The van der Waals surface area contributed by atoms with Gasteiger partial charge in [-0.2, -0.15) is 5.10 Å². The summed E-state index contributed by atoms with van der Waals surface area (Å²) in [7, 11) is 5.95. The Balaban J connectivity index is 2.19. The van der Waals surface area contributed by atoms with E-state index >= 15 is 0 Å². The molecule has 1 aromatic heterocycles. The lowest BCUT2D eigenvalue weighted by Gasteiger charge is -2.37. The summed E-state index contributed by atoms with van der Waals surface area (Å²) in [4.78, 5) is 16.4. The van der Waals surface area contributed by atoms with Gasteiger partial charge in [-0.25, -0.2) is 4.68 Å². The first-order valence-electron chi connectivity index (χ1n) is 6.34. The first-order valence-corrected chi connectivity index (χ1v) is 7.14. The van der Waals surface area contributed by atoms with Crippen molar-refractivity contribution in [1.82, 2.24) is 20.0 Å². The van der Waals surface area contributed by atoms with E-state index in [-0.39, 0.29) is 5.56 Å². The van der Waals surface area contributed by atoms with Crippen LogP contribution >= 0.6 is 15.9 Å². The van der Waals surface area contributed by atoms with Gasteiger partial charge in [0.2, 0.25) is 0 Å². The van der Waals surface area contributed by atoms with Crippen molar-refractivity contribution in [3.8, 4) is 0 Å². The van der Waals surface area contributed by atoms with Crippen LogP contribution in [-0.2, 0) is 6.54 Å². The molecule has 0 saturated carbocycles. The minimum atomic E-state index is -0.0708. The monoisotopic (exact) mass is 329 g/mol. The van der Waals surface area contributed by atoms with Gasteiger partial charge >= 0.3 is 0 Å². The number of rotatable bonds is 5. The summed E-state index contributed by atoms with van der Waals surface area (Å²) in [6.07, 6.45) is 1.76. The molecule has 1 saturated heterocycles. The van der Waals surface area contributed by atoms with Gasteiger partial charge in [-0.05, 0) is 30.0 Å². The number of hydrogen-bond donors (Lipinski definition) is 1. The van der Waals surface area contributed by atoms with Gasteiger partial charge in [0.15, 0.2) is 0 Å². The summed E-state index contributed by atoms with van der Waals surface area (Å²) in [6, 6.07) is 0.440. The Morgan fingerprint density at radius 3 is 2.68 bits per heavy atom. The Hall–Kier alpha value is -0.920. The van der Waals surface area contributed by atoms with E-state index < -0.39 is 0 Å². The fourth-order valence-electron chi connectivity index (χ4n) is 1.90. The van der Waals surface area contributed by atoms with Crippen LogP contribution in [0.5, 0.6) is 0 Å². The first kappa shape index (κ1) is 14.5. The molecule has 0 radical (unpaired) electrons. The maximum absolute atomic E-state index is 12.2. The molecule has 2 rings (SSSR count). The summed E-state index contributed by atoms with van der Waals surface area (Å²) in [6.45, 7) is 3.29. The topological polar surface area (TPSA) is 53.4 Å². The van der Waals surface area contributed by atoms with Crippen molar-refractivity contribution >= 4 is 21.6 Å². The van der Waals surface area contributed by atoms with E-state index in [9.17, 15) is 4.79 Å². The van der Waals surface area contributed by atoms with Gasteiger partial charge in [-0.1, -0.05) is 0 Å². The lowest BCUT2D eigenvalue weighted by atomic mass is 10.1. The highest BCUT2D eigenvalue weighted by Crippen LogP contribution is 2.23. The SMILES string of the molecule is CN(C)CCn1ncc(N(C)C2CNC2)c(Br)c1=O. The molecule has 0 aliphatic carbocycles. The van der Waals surface area contributed by atoms with Crippen LogP contribution in [0.3, 0.4) is 0 Å². The molecule has 6 nitrogen and oxygen atoms in total. The van der Waals surface area contributed by atoms with E-state index in [1.165, 1.54) is 4.68 Å².